The van der Waals surface area contributed by atoms with Gasteiger partial charge >= 0.3 is 6.03 Å². The molecular formula is C19H21N5O2. The van der Waals surface area contributed by atoms with Gasteiger partial charge in [-0.2, -0.15) is 0 Å². The Kier molecular flexibility index (Phi) is 5.17. The standard InChI is InChI=1S/C19H21N5O2/c1-3-20-15(25)12-21-19(26)23-18-16(14-9-5-4-6-10-14)22-17-13(2)8-7-11-24(17)18/h4-11H,3,12H2,1-2H3,(H,20,25)(H2,21,23,26). The Balaban J connectivity index is 1.92. The number of fused-ring (bicyclic) bond motifs is 1. The van der Waals surface area contributed by atoms with Gasteiger partial charge in [0.2, 0.25) is 5.91 Å². The number of benzene rings is 1. The summed E-state index contributed by atoms with van der Waals surface area (Å²) in [5, 5.41) is 8.02. The summed E-state index contributed by atoms with van der Waals surface area (Å²) in [6.07, 6.45) is 1.85. The Morgan fingerprint density at radius 2 is 1.85 bits per heavy atom. The van der Waals surface area contributed by atoms with Gasteiger partial charge in [0.25, 0.3) is 0 Å². The number of hydrogen-bond donors (Lipinski definition) is 3. The van der Waals surface area contributed by atoms with Gasteiger partial charge < -0.3 is 10.6 Å². The van der Waals surface area contributed by atoms with Crippen LogP contribution in [-0.2, 0) is 4.79 Å². The van der Waals surface area contributed by atoms with Crippen molar-refractivity contribution in [1.29, 1.82) is 0 Å². The van der Waals surface area contributed by atoms with Crippen LogP contribution in [0.4, 0.5) is 10.6 Å². The van der Waals surface area contributed by atoms with Crippen LogP contribution in [0.1, 0.15) is 12.5 Å². The highest BCUT2D eigenvalue weighted by atomic mass is 16.2. The first kappa shape index (κ1) is 17.5. The lowest BCUT2D eigenvalue weighted by atomic mass is 10.1. The van der Waals surface area contributed by atoms with Crippen LogP contribution in [0.25, 0.3) is 16.9 Å². The summed E-state index contributed by atoms with van der Waals surface area (Å²) < 4.78 is 1.84. The molecular weight excluding hydrogens is 330 g/mol. The molecule has 0 fully saturated rings. The second-order valence-corrected chi connectivity index (χ2v) is 5.82. The van der Waals surface area contributed by atoms with E-state index in [0.29, 0.717) is 18.1 Å². The SMILES string of the molecule is CCNC(=O)CNC(=O)Nc1c(-c2ccccc2)nc2c(C)cccn12. The molecule has 2 heterocycles. The number of nitrogens with zero attached hydrogens (tertiary/aromatic N) is 2. The highest BCUT2D eigenvalue weighted by Gasteiger charge is 2.17. The minimum absolute atomic E-state index is 0.0872. The summed E-state index contributed by atoms with van der Waals surface area (Å²) >= 11 is 0. The quantitative estimate of drug-likeness (QED) is 0.660. The first-order chi connectivity index (χ1) is 12.6. The van der Waals surface area contributed by atoms with Crippen molar-refractivity contribution in [3.63, 3.8) is 0 Å². The van der Waals surface area contributed by atoms with Crippen molar-refractivity contribution in [1.82, 2.24) is 20.0 Å². The average Bonchev–Trinajstić information content (AvgIpc) is 3.01. The van der Waals surface area contributed by atoms with Gasteiger partial charge in [0.05, 0.1) is 6.54 Å². The third-order valence-electron chi connectivity index (χ3n) is 3.91. The molecule has 0 aliphatic heterocycles. The number of imidazole rings is 1. The maximum Gasteiger partial charge on any atom is 0.320 e. The summed E-state index contributed by atoms with van der Waals surface area (Å²) in [5.74, 6) is 0.322. The Hall–Kier alpha value is -3.35. The maximum absolute atomic E-state index is 12.3. The van der Waals surface area contributed by atoms with E-state index < -0.39 is 6.03 Å². The Labute approximate surface area is 151 Å². The largest absolute Gasteiger partial charge is 0.355 e. The van der Waals surface area contributed by atoms with Crippen molar-refractivity contribution in [2.75, 3.05) is 18.4 Å². The number of amides is 3. The predicted molar refractivity (Wildman–Crippen MR) is 101 cm³/mol. The summed E-state index contributed by atoms with van der Waals surface area (Å²) in [7, 11) is 0. The third-order valence-corrected chi connectivity index (χ3v) is 3.91. The fourth-order valence-corrected chi connectivity index (χ4v) is 2.69. The van der Waals surface area contributed by atoms with Crippen LogP contribution in [0.15, 0.2) is 48.7 Å². The summed E-state index contributed by atoms with van der Waals surface area (Å²) in [6.45, 7) is 4.23. The highest BCUT2D eigenvalue weighted by molar-refractivity contribution is 5.95. The molecule has 0 bridgehead atoms. The molecule has 3 rings (SSSR count). The Morgan fingerprint density at radius 1 is 1.08 bits per heavy atom. The minimum atomic E-state index is -0.461. The second-order valence-electron chi connectivity index (χ2n) is 5.82. The molecule has 0 saturated carbocycles. The van der Waals surface area contributed by atoms with E-state index in [-0.39, 0.29) is 12.5 Å². The lowest BCUT2D eigenvalue weighted by molar-refractivity contribution is -0.119. The molecule has 7 nitrogen and oxygen atoms in total. The molecule has 0 saturated heterocycles. The fourth-order valence-electron chi connectivity index (χ4n) is 2.69. The van der Waals surface area contributed by atoms with Crippen LogP contribution in [0.2, 0.25) is 0 Å². The van der Waals surface area contributed by atoms with Crippen LogP contribution in [0.5, 0.6) is 0 Å². The van der Waals surface area contributed by atoms with Gasteiger partial charge in [0.1, 0.15) is 17.2 Å². The minimum Gasteiger partial charge on any atom is -0.355 e. The Morgan fingerprint density at radius 3 is 2.58 bits per heavy atom. The van der Waals surface area contributed by atoms with E-state index in [2.05, 4.69) is 16.0 Å². The lowest BCUT2D eigenvalue weighted by Gasteiger charge is -2.09. The average molecular weight is 351 g/mol. The number of aromatic nitrogens is 2. The van der Waals surface area contributed by atoms with Crippen molar-refractivity contribution >= 4 is 23.4 Å². The topological polar surface area (TPSA) is 87.5 Å². The van der Waals surface area contributed by atoms with Crippen molar-refractivity contribution in [3.05, 3.63) is 54.2 Å². The zero-order valence-corrected chi connectivity index (χ0v) is 14.7. The summed E-state index contributed by atoms with van der Waals surface area (Å²) in [6, 6.07) is 13.1. The van der Waals surface area contributed by atoms with Crippen molar-refractivity contribution < 1.29 is 9.59 Å². The molecule has 3 N–H and O–H groups in total. The monoisotopic (exact) mass is 351 g/mol. The molecule has 26 heavy (non-hydrogen) atoms. The zero-order chi connectivity index (χ0) is 18.5. The molecule has 0 unspecified atom stereocenters. The number of anilines is 1. The van der Waals surface area contributed by atoms with Gasteiger partial charge in [-0.05, 0) is 25.5 Å². The van der Waals surface area contributed by atoms with E-state index in [9.17, 15) is 9.59 Å². The van der Waals surface area contributed by atoms with Gasteiger partial charge in [-0.25, -0.2) is 9.78 Å². The van der Waals surface area contributed by atoms with Crippen molar-refractivity contribution in [2.24, 2.45) is 0 Å². The molecule has 1 aromatic carbocycles. The first-order valence-corrected chi connectivity index (χ1v) is 8.44. The van der Waals surface area contributed by atoms with E-state index >= 15 is 0 Å². The highest BCUT2D eigenvalue weighted by Crippen LogP contribution is 2.29. The predicted octanol–water partition coefficient (Wildman–Crippen LogP) is 2.57. The summed E-state index contributed by atoms with van der Waals surface area (Å²) in [5.41, 5.74) is 3.34. The van der Waals surface area contributed by atoms with Crippen LogP contribution < -0.4 is 16.0 Å². The number of carbonyl (C=O) groups excluding carboxylic acids is 2. The molecule has 3 amide bonds. The van der Waals surface area contributed by atoms with E-state index in [1.54, 1.807) is 0 Å². The van der Waals surface area contributed by atoms with E-state index in [4.69, 9.17) is 4.98 Å². The third kappa shape index (κ3) is 3.66. The molecule has 0 spiro atoms. The van der Waals surface area contributed by atoms with Crippen LogP contribution in [0.3, 0.4) is 0 Å². The number of nitrogens with one attached hydrogen (secondary N) is 3. The number of hydrogen-bond acceptors (Lipinski definition) is 3. The number of carbonyl (C=O) groups is 2. The maximum atomic E-state index is 12.3. The van der Waals surface area contributed by atoms with E-state index in [1.807, 2.05) is 66.9 Å². The van der Waals surface area contributed by atoms with Crippen LogP contribution >= 0.6 is 0 Å². The number of aryl methyl sites for hydroxylation is 1. The molecule has 2 aromatic heterocycles. The molecule has 134 valence electrons. The number of urea groups is 1. The lowest BCUT2D eigenvalue weighted by Crippen LogP contribution is -2.39. The number of pyridine rings is 1. The van der Waals surface area contributed by atoms with Gasteiger partial charge in [-0.15, -0.1) is 0 Å². The van der Waals surface area contributed by atoms with Gasteiger partial charge in [-0.1, -0.05) is 36.4 Å². The molecule has 3 aromatic rings. The molecule has 7 heteroatoms. The first-order valence-electron chi connectivity index (χ1n) is 8.44. The summed E-state index contributed by atoms with van der Waals surface area (Å²) in [4.78, 5) is 28.5. The van der Waals surface area contributed by atoms with Crippen LogP contribution in [-0.4, -0.2) is 34.4 Å². The van der Waals surface area contributed by atoms with Gasteiger partial charge in [0, 0.05) is 18.3 Å². The van der Waals surface area contributed by atoms with Crippen molar-refractivity contribution in [2.45, 2.75) is 13.8 Å². The molecule has 0 aliphatic carbocycles. The zero-order valence-electron chi connectivity index (χ0n) is 14.7. The van der Waals surface area contributed by atoms with Gasteiger partial charge in [0.15, 0.2) is 0 Å². The molecule has 0 atom stereocenters. The van der Waals surface area contributed by atoms with Crippen LogP contribution in [0, 0.1) is 6.92 Å². The molecule has 0 aliphatic rings. The van der Waals surface area contributed by atoms with Crippen molar-refractivity contribution in [3.8, 4) is 11.3 Å². The fraction of sp³-hybridized carbons (Fsp3) is 0.211. The molecule has 0 radical (unpaired) electrons. The Bertz CT molecular complexity index is 934. The second kappa shape index (κ2) is 7.69. The van der Waals surface area contributed by atoms with E-state index in [1.165, 1.54) is 0 Å². The number of rotatable bonds is 5. The number of likely N-dealkylation sites (N-methyl/N-ethyl adjacent to an activating group) is 1. The van der Waals surface area contributed by atoms with Gasteiger partial charge in [-0.3, -0.25) is 14.5 Å². The normalized spacial score (nSPS) is 10.5. The van der Waals surface area contributed by atoms with E-state index in [0.717, 1.165) is 16.8 Å². The smallest absolute Gasteiger partial charge is 0.320 e.